The Morgan fingerprint density at radius 1 is 1.00 bits per heavy atom. The van der Waals surface area contributed by atoms with E-state index in [4.69, 9.17) is 5.73 Å². The van der Waals surface area contributed by atoms with Crippen LogP contribution in [0.5, 0.6) is 0 Å². The minimum absolute atomic E-state index is 0.165. The molecule has 1 aliphatic rings. The minimum Gasteiger partial charge on any atom is -0.329 e. The first-order valence-corrected chi connectivity index (χ1v) is 6.17. The van der Waals surface area contributed by atoms with E-state index in [-0.39, 0.29) is 5.82 Å². The highest BCUT2D eigenvalue weighted by atomic mass is 19.1. The predicted octanol–water partition coefficient (Wildman–Crippen LogP) is 0.902. The number of halogens is 1. The second-order valence-corrected chi connectivity index (χ2v) is 4.53. The van der Waals surface area contributed by atoms with E-state index in [1.807, 2.05) is 12.1 Å². The van der Waals surface area contributed by atoms with Crippen LogP contribution in [0.1, 0.15) is 5.56 Å². The molecule has 0 amide bonds. The first kappa shape index (κ1) is 12.5. The quantitative estimate of drug-likeness (QED) is 0.844. The van der Waals surface area contributed by atoms with Crippen LogP contribution in [-0.2, 0) is 6.54 Å². The zero-order valence-electron chi connectivity index (χ0n) is 10.1. The lowest BCUT2D eigenvalue weighted by Gasteiger charge is -2.34. The highest BCUT2D eigenvalue weighted by Crippen LogP contribution is 2.09. The van der Waals surface area contributed by atoms with Crippen LogP contribution in [0.3, 0.4) is 0 Å². The summed E-state index contributed by atoms with van der Waals surface area (Å²) in [5, 5.41) is 0. The van der Waals surface area contributed by atoms with Crippen molar-refractivity contribution in [1.29, 1.82) is 0 Å². The zero-order chi connectivity index (χ0) is 12.1. The van der Waals surface area contributed by atoms with E-state index >= 15 is 0 Å². The average molecular weight is 237 g/mol. The van der Waals surface area contributed by atoms with E-state index in [0.717, 1.165) is 45.8 Å². The molecule has 2 N–H and O–H groups in total. The normalized spacial score (nSPS) is 18.5. The van der Waals surface area contributed by atoms with Crippen LogP contribution in [0, 0.1) is 5.82 Å². The Morgan fingerprint density at radius 2 is 1.59 bits per heavy atom. The van der Waals surface area contributed by atoms with Crippen LogP contribution < -0.4 is 5.73 Å². The standard InChI is InChI=1S/C13H20FN3/c14-13-3-1-12(2-4-13)11-17-9-7-16(6-5-15)8-10-17/h1-4H,5-11,15H2. The van der Waals surface area contributed by atoms with Crippen molar-refractivity contribution in [2.75, 3.05) is 39.3 Å². The van der Waals surface area contributed by atoms with Crippen molar-refractivity contribution in [3.05, 3.63) is 35.6 Å². The number of rotatable bonds is 4. The molecule has 0 spiro atoms. The SMILES string of the molecule is NCCN1CCN(Cc2ccc(F)cc2)CC1. The van der Waals surface area contributed by atoms with E-state index in [0.29, 0.717) is 0 Å². The summed E-state index contributed by atoms with van der Waals surface area (Å²) >= 11 is 0. The fourth-order valence-corrected chi connectivity index (χ4v) is 2.20. The summed E-state index contributed by atoms with van der Waals surface area (Å²) in [6.45, 7) is 6.94. The van der Waals surface area contributed by atoms with Crippen LogP contribution in [0.15, 0.2) is 24.3 Å². The maximum atomic E-state index is 12.8. The van der Waals surface area contributed by atoms with Crippen molar-refractivity contribution in [2.24, 2.45) is 5.73 Å². The molecule has 0 saturated carbocycles. The van der Waals surface area contributed by atoms with Crippen LogP contribution in [0.2, 0.25) is 0 Å². The molecule has 1 aliphatic heterocycles. The van der Waals surface area contributed by atoms with Gasteiger partial charge in [0.05, 0.1) is 0 Å². The molecule has 0 aliphatic carbocycles. The lowest BCUT2D eigenvalue weighted by Crippen LogP contribution is -2.47. The Labute approximate surface area is 102 Å². The van der Waals surface area contributed by atoms with Crippen molar-refractivity contribution in [2.45, 2.75) is 6.54 Å². The third-order valence-corrected chi connectivity index (χ3v) is 3.23. The molecule has 1 saturated heterocycles. The van der Waals surface area contributed by atoms with Gasteiger partial charge < -0.3 is 5.73 Å². The summed E-state index contributed by atoms with van der Waals surface area (Å²) in [6.07, 6.45) is 0. The van der Waals surface area contributed by atoms with Crippen LogP contribution in [-0.4, -0.2) is 49.1 Å². The molecule has 1 aromatic carbocycles. The fourth-order valence-electron chi connectivity index (χ4n) is 2.20. The Morgan fingerprint density at radius 3 is 2.18 bits per heavy atom. The van der Waals surface area contributed by atoms with E-state index in [1.165, 1.54) is 17.7 Å². The molecular weight excluding hydrogens is 217 g/mol. The van der Waals surface area contributed by atoms with Crippen molar-refractivity contribution in [3.8, 4) is 0 Å². The fraction of sp³-hybridized carbons (Fsp3) is 0.538. The molecule has 1 fully saturated rings. The highest BCUT2D eigenvalue weighted by molar-refractivity contribution is 5.15. The third kappa shape index (κ3) is 3.77. The van der Waals surface area contributed by atoms with Gasteiger partial charge in [-0.15, -0.1) is 0 Å². The van der Waals surface area contributed by atoms with E-state index < -0.39 is 0 Å². The maximum absolute atomic E-state index is 12.8. The summed E-state index contributed by atoms with van der Waals surface area (Å²) < 4.78 is 12.8. The van der Waals surface area contributed by atoms with Gasteiger partial charge in [-0.3, -0.25) is 9.80 Å². The van der Waals surface area contributed by atoms with Gasteiger partial charge in [0.25, 0.3) is 0 Å². The molecule has 0 unspecified atom stereocenters. The van der Waals surface area contributed by atoms with E-state index in [2.05, 4.69) is 9.80 Å². The van der Waals surface area contributed by atoms with Crippen molar-refractivity contribution in [3.63, 3.8) is 0 Å². The second-order valence-electron chi connectivity index (χ2n) is 4.53. The third-order valence-electron chi connectivity index (χ3n) is 3.23. The molecule has 94 valence electrons. The van der Waals surface area contributed by atoms with Gasteiger partial charge in [0.15, 0.2) is 0 Å². The predicted molar refractivity (Wildman–Crippen MR) is 67.2 cm³/mol. The van der Waals surface area contributed by atoms with Crippen molar-refractivity contribution in [1.82, 2.24) is 9.80 Å². The van der Waals surface area contributed by atoms with Crippen molar-refractivity contribution < 1.29 is 4.39 Å². The second kappa shape index (κ2) is 6.10. The van der Waals surface area contributed by atoms with Gasteiger partial charge in [-0.05, 0) is 17.7 Å². The molecule has 3 nitrogen and oxygen atoms in total. The molecule has 1 aromatic rings. The van der Waals surface area contributed by atoms with Crippen molar-refractivity contribution >= 4 is 0 Å². The lowest BCUT2D eigenvalue weighted by molar-refractivity contribution is 0.130. The maximum Gasteiger partial charge on any atom is 0.123 e. The summed E-state index contributed by atoms with van der Waals surface area (Å²) in [4.78, 5) is 4.79. The van der Waals surface area contributed by atoms with Gasteiger partial charge in [-0.25, -0.2) is 4.39 Å². The van der Waals surface area contributed by atoms with Gasteiger partial charge in [0, 0.05) is 45.8 Å². The highest BCUT2D eigenvalue weighted by Gasteiger charge is 2.15. The zero-order valence-corrected chi connectivity index (χ0v) is 10.1. The molecule has 1 heterocycles. The first-order valence-electron chi connectivity index (χ1n) is 6.17. The molecule has 4 heteroatoms. The Kier molecular flexibility index (Phi) is 4.48. The molecule has 0 atom stereocenters. The molecule has 17 heavy (non-hydrogen) atoms. The molecule has 0 bridgehead atoms. The first-order chi connectivity index (χ1) is 8.28. The van der Waals surface area contributed by atoms with Crippen LogP contribution >= 0.6 is 0 Å². The molecule has 0 radical (unpaired) electrons. The summed E-state index contributed by atoms with van der Waals surface area (Å²) in [5.41, 5.74) is 6.72. The minimum atomic E-state index is -0.165. The van der Waals surface area contributed by atoms with E-state index in [1.54, 1.807) is 0 Å². The Bertz CT molecular complexity index is 331. The van der Waals surface area contributed by atoms with Crippen LogP contribution in [0.25, 0.3) is 0 Å². The number of benzene rings is 1. The van der Waals surface area contributed by atoms with Crippen LogP contribution in [0.4, 0.5) is 4.39 Å². The average Bonchev–Trinajstić information content (AvgIpc) is 2.35. The summed E-state index contributed by atoms with van der Waals surface area (Å²) in [7, 11) is 0. The Hall–Kier alpha value is -0.970. The van der Waals surface area contributed by atoms with Gasteiger partial charge in [-0.1, -0.05) is 12.1 Å². The largest absolute Gasteiger partial charge is 0.329 e. The lowest BCUT2D eigenvalue weighted by atomic mass is 10.2. The number of nitrogens with two attached hydrogens (primary N) is 1. The smallest absolute Gasteiger partial charge is 0.123 e. The number of hydrogen-bond donors (Lipinski definition) is 1. The number of piperazine rings is 1. The molecular formula is C13H20FN3. The topological polar surface area (TPSA) is 32.5 Å². The number of nitrogens with zero attached hydrogens (tertiary/aromatic N) is 2. The number of hydrogen-bond acceptors (Lipinski definition) is 3. The van der Waals surface area contributed by atoms with Gasteiger partial charge in [0.2, 0.25) is 0 Å². The van der Waals surface area contributed by atoms with E-state index in [9.17, 15) is 4.39 Å². The summed E-state index contributed by atoms with van der Waals surface area (Å²) in [6, 6.07) is 6.78. The molecule has 0 aromatic heterocycles. The van der Waals surface area contributed by atoms with Gasteiger partial charge in [-0.2, -0.15) is 0 Å². The Balaban J connectivity index is 1.79. The monoisotopic (exact) mass is 237 g/mol. The van der Waals surface area contributed by atoms with Gasteiger partial charge in [0.1, 0.15) is 5.82 Å². The van der Waals surface area contributed by atoms with Gasteiger partial charge >= 0.3 is 0 Å². The summed E-state index contributed by atoms with van der Waals surface area (Å²) in [5.74, 6) is -0.165. The molecule has 2 rings (SSSR count).